The number of hydrogen-bond acceptors (Lipinski definition) is 5. The van der Waals surface area contributed by atoms with Gasteiger partial charge in [0.1, 0.15) is 5.75 Å². The zero-order valence-corrected chi connectivity index (χ0v) is 13.1. The molecule has 0 spiro atoms. The minimum absolute atomic E-state index is 0.0464. The molecule has 0 aromatic heterocycles. The first-order valence-corrected chi connectivity index (χ1v) is 7.34. The van der Waals surface area contributed by atoms with Crippen molar-refractivity contribution in [2.75, 3.05) is 0 Å². The fourth-order valence-corrected chi connectivity index (χ4v) is 2.25. The molecule has 0 saturated heterocycles. The van der Waals surface area contributed by atoms with Gasteiger partial charge in [0.2, 0.25) is 5.90 Å². The molecule has 0 fully saturated rings. The minimum atomic E-state index is -3.03. The highest BCUT2D eigenvalue weighted by molar-refractivity contribution is 6.13. The lowest BCUT2D eigenvalue weighted by Gasteiger charge is -2.08. The number of para-hydroxylation sites is 1. The molecule has 0 saturated carbocycles. The smallest absolute Gasteiger partial charge is 0.387 e. The molecule has 0 bridgehead atoms. The highest BCUT2D eigenvalue weighted by Crippen LogP contribution is 2.26. The number of benzene rings is 2. The molecular weight excluding hydrogens is 348 g/mol. The van der Waals surface area contributed by atoms with Gasteiger partial charge in [0.05, 0.1) is 11.1 Å². The summed E-state index contributed by atoms with van der Waals surface area (Å²) in [7, 11) is 0. The quantitative estimate of drug-likeness (QED) is 0.654. The zero-order valence-electron chi connectivity index (χ0n) is 13.1. The molecule has 3 rings (SSSR count). The molecule has 1 N–H and O–H groups in total. The molecule has 0 atom stereocenters. The van der Waals surface area contributed by atoms with E-state index >= 15 is 0 Å². The van der Waals surface area contributed by atoms with Crippen LogP contribution in [0.25, 0.3) is 6.08 Å². The second-order valence-electron chi connectivity index (χ2n) is 5.14. The van der Waals surface area contributed by atoms with E-state index in [1.165, 1.54) is 48.5 Å². The summed E-state index contributed by atoms with van der Waals surface area (Å²) in [6.45, 7) is -3.03. The van der Waals surface area contributed by atoms with E-state index in [-0.39, 0.29) is 28.5 Å². The lowest BCUT2D eigenvalue weighted by Crippen LogP contribution is -2.10. The number of aromatic carboxylic acids is 1. The summed E-state index contributed by atoms with van der Waals surface area (Å²) in [5, 5.41) is 8.87. The SMILES string of the molecule is O=C1OC(c2ccccc2OC(F)F)=N/C1=C\c1ccc(C(=O)O)cc1. The van der Waals surface area contributed by atoms with Crippen molar-refractivity contribution in [2.24, 2.45) is 4.99 Å². The maximum atomic E-state index is 12.5. The number of esters is 1. The van der Waals surface area contributed by atoms with Crippen LogP contribution in [0.3, 0.4) is 0 Å². The van der Waals surface area contributed by atoms with Crippen LogP contribution in [0.15, 0.2) is 59.2 Å². The molecule has 0 radical (unpaired) electrons. The van der Waals surface area contributed by atoms with Crippen LogP contribution in [0.1, 0.15) is 21.5 Å². The van der Waals surface area contributed by atoms with E-state index in [0.717, 1.165) is 0 Å². The Morgan fingerprint density at radius 3 is 2.50 bits per heavy atom. The van der Waals surface area contributed by atoms with Crippen LogP contribution in [-0.2, 0) is 9.53 Å². The zero-order chi connectivity index (χ0) is 18.7. The lowest BCUT2D eigenvalue weighted by atomic mass is 10.1. The van der Waals surface area contributed by atoms with Gasteiger partial charge in [-0.1, -0.05) is 24.3 Å². The molecule has 0 amide bonds. The molecule has 6 nitrogen and oxygen atoms in total. The Kier molecular flexibility index (Phi) is 4.74. The Balaban J connectivity index is 1.91. The number of nitrogens with zero attached hydrogens (tertiary/aromatic N) is 1. The highest BCUT2D eigenvalue weighted by atomic mass is 19.3. The third-order valence-electron chi connectivity index (χ3n) is 3.42. The Morgan fingerprint density at radius 1 is 1.15 bits per heavy atom. The van der Waals surface area contributed by atoms with E-state index in [1.807, 2.05) is 0 Å². The Labute approximate surface area is 146 Å². The third-order valence-corrected chi connectivity index (χ3v) is 3.42. The predicted octanol–water partition coefficient (Wildman–Crippen LogP) is 3.33. The van der Waals surface area contributed by atoms with Gasteiger partial charge in [-0.25, -0.2) is 14.6 Å². The first-order chi connectivity index (χ1) is 12.4. The number of alkyl halides is 2. The average Bonchev–Trinajstić information content (AvgIpc) is 2.96. The fourth-order valence-electron chi connectivity index (χ4n) is 2.25. The van der Waals surface area contributed by atoms with Gasteiger partial charge in [0.15, 0.2) is 5.70 Å². The van der Waals surface area contributed by atoms with Crippen LogP contribution in [0.5, 0.6) is 5.75 Å². The number of carbonyl (C=O) groups excluding carboxylic acids is 1. The van der Waals surface area contributed by atoms with Gasteiger partial charge in [-0.3, -0.25) is 0 Å². The average molecular weight is 359 g/mol. The van der Waals surface area contributed by atoms with Gasteiger partial charge in [0, 0.05) is 0 Å². The number of ether oxygens (including phenoxy) is 2. The molecule has 2 aromatic rings. The third kappa shape index (κ3) is 3.75. The molecule has 132 valence electrons. The summed E-state index contributed by atoms with van der Waals surface area (Å²) in [5.41, 5.74) is 0.702. The van der Waals surface area contributed by atoms with E-state index < -0.39 is 18.6 Å². The van der Waals surface area contributed by atoms with Gasteiger partial charge in [-0.05, 0) is 35.9 Å². The molecule has 0 aliphatic carbocycles. The van der Waals surface area contributed by atoms with Gasteiger partial charge in [-0.2, -0.15) is 8.78 Å². The van der Waals surface area contributed by atoms with Crippen LogP contribution in [0.2, 0.25) is 0 Å². The van der Waals surface area contributed by atoms with Crippen LogP contribution in [0, 0.1) is 0 Å². The second kappa shape index (κ2) is 7.14. The van der Waals surface area contributed by atoms with Crippen molar-refractivity contribution >= 4 is 23.9 Å². The van der Waals surface area contributed by atoms with Crippen LogP contribution in [-0.4, -0.2) is 29.6 Å². The molecular formula is C18H11F2NO5. The maximum Gasteiger partial charge on any atom is 0.387 e. The van der Waals surface area contributed by atoms with Crippen molar-refractivity contribution in [3.63, 3.8) is 0 Å². The molecule has 1 heterocycles. The standard InChI is InChI=1S/C18H11F2NO5/c19-18(20)25-14-4-2-1-3-12(14)15-21-13(17(24)26-15)9-10-5-7-11(8-6-10)16(22)23/h1-9,18H,(H,22,23)/b13-9-. The fraction of sp³-hybridized carbons (Fsp3) is 0.0556. The van der Waals surface area contributed by atoms with Crippen molar-refractivity contribution in [2.45, 2.75) is 6.61 Å². The van der Waals surface area contributed by atoms with Crippen LogP contribution in [0.4, 0.5) is 8.78 Å². The van der Waals surface area contributed by atoms with Gasteiger partial charge < -0.3 is 14.6 Å². The number of aliphatic imine (C=N–C) groups is 1. The molecule has 0 unspecified atom stereocenters. The Hall–Kier alpha value is -3.55. The maximum absolute atomic E-state index is 12.5. The number of halogens is 2. The molecule has 1 aliphatic heterocycles. The van der Waals surface area contributed by atoms with Gasteiger partial charge >= 0.3 is 18.6 Å². The monoisotopic (exact) mass is 359 g/mol. The summed E-state index contributed by atoms with van der Waals surface area (Å²) < 4.78 is 34.4. The van der Waals surface area contributed by atoms with E-state index in [2.05, 4.69) is 9.73 Å². The van der Waals surface area contributed by atoms with E-state index in [4.69, 9.17) is 9.84 Å². The molecule has 26 heavy (non-hydrogen) atoms. The number of carbonyl (C=O) groups is 2. The molecule has 2 aromatic carbocycles. The van der Waals surface area contributed by atoms with Crippen LogP contribution >= 0.6 is 0 Å². The Bertz CT molecular complexity index is 919. The van der Waals surface area contributed by atoms with Crippen molar-refractivity contribution in [3.8, 4) is 5.75 Å². The minimum Gasteiger partial charge on any atom is -0.478 e. The lowest BCUT2D eigenvalue weighted by molar-refractivity contribution is -0.129. The summed E-state index contributed by atoms with van der Waals surface area (Å²) in [6, 6.07) is 11.6. The predicted molar refractivity (Wildman–Crippen MR) is 87.1 cm³/mol. The van der Waals surface area contributed by atoms with E-state index in [1.54, 1.807) is 6.07 Å². The van der Waals surface area contributed by atoms with Crippen molar-refractivity contribution < 1.29 is 33.0 Å². The number of cyclic esters (lactones) is 1. The first-order valence-electron chi connectivity index (χ1n) is 7.34. The summed E-state index contributed by atoms with van der Waals surface area (Å²) in [6.07, 6.45) is 1.40. The van der Waals surface area contributed by atoms with E-state index in [9.17, 15) is 18.4 Å². The van der Waals surface area contributed by atoms with Gasteiger partial charge in [-0.15, -0.1) is 0 Å². The molecule has 1 aliphatic rings. The largest absolute Gasteiger partial charge is 0.478 e. The molecule has 8 heteroatoms. The summed E-state index contributed by atoms with van der Waals surface area (Å²) in [4.78, 5) is 26.8. The number of carboxylic acids is 1. The van der Waals surface area contributed by atoms with E-state index in [0.29, 0.717) is 5.56 Å². The normalized spacial score (nSPS) is 15.1. The van der Waals surface area contributed by atoms with Crippen molar-refractivity contribution in [1.29, 1.82) is 0 Å². The first kappa shape index (κ1) is 17.3. The van der Waals surface area contributed by atoms with Crippen LogP contribution < -0.4 is 4.74 Å². The van der Waals surface area contributed by atoms with Gasteiger partial charge in [0.25, 0.3) is 0 Å². The second-order valence-corrected chi connectivity index (χ2v) is 5.14. The number of rotatable bonds is 5. The summed E-state index contributed by atoms with van der Waals surface area (Å²) in [5.74, 6) is -2.14. The van der Waals surface area contributed by atoms with Crippen molar-refractivity contribution in [1.82, 2.24) is 0 Å². The van der Waals surface area contributed by atoms with Crippen molar-refractivity contribution in [3.05, 3.63) is 70.9 Å². The topological polar surface area (TPSA) is 85.2 Å². The number of hydrogen-bond donors (Lipinski definition) is 1. The summed E-state index contributed by atoms with van der Waals surface area (Å²) >= 11 is 0. The number of carboxylic acid groups (broad SMARTS) is 1. The Morgan fingerprint density at radius 2 is 1.85 bits per heavy atom. The highest BCUT2D eigenvalue weighted by Gasteiger charge is 2.26.